The minimum absolute atomic E-state index is 0.0328. The topological polar surface area (TPSA) is 84.3 Å². The van der Waals surface area contributed by atoms with Crippen LogP contribution in [0.3, 0.4) is 0 Å². The van der Waals surface area contributed by atoms with Crippen molar-refractivity contribution in [3.05, 3.63) is 45.1 Å². The minimum Gasteiger partial charge on any atom is -0.314 e. The number of nitrogens with one attached hydrogen (secondary N) is 2. The number of allylic oxidation sites excluding steroid dienone is 1. The molecule has 2 amide bonds. The molecule has 1 aliphatic rings. The van der Waals surface area contributed by atoms with Crippen molar-refractivity contribution in [3.8, 4) is 0 Å². The lowest BCUT2D eigenvalue weighted by molar-refractivity contribution is -0.384. The molecule has 0 atom stereocenters. The number of halogens is 1. The van der Waals surface area contributed by atoms with E-state index in [1.54, 1.807) is 6.20 Å². The zero-order valence-corrected chi connectivity index (χ0v) is 11.6. The average molecular weight is 296 g/mol. The summed E-state index contributed by atoms with van der Waals surface area (Å²) in [6.07, 6.45) is 3.99. The first-order valence-corrected chi connectivity index (χ1v) is 6.53. The van der Waals surface area contributed by atoms with Gasteiger partial charge in [-0.05, 0) is 37.8 Å². The highest BCUT2D eigenvalue weighted by molar-refractivity contribution is 6.32. The van der Waals surface area contributed by atoms with Gasteiger partial charge in [-0.15, -0.1) is 0 Å². The molecule has 6 nitrogen and oxygen atoms in total. The van der Waals surface area contributed by atoms with Crippen LogP contribution >= 0.6 is 11.6 Å². The molecule has 0 radical (unpaired) electrons. The summed E-state index contributed by atoms with van der Waals surface area (Å²) >= 11 is 5.69. The summed E-state index contributed by atoms with van der Waals surface area (Å²) in [4.78, 5) is 21.8. The molecule has 1 aromatic carbocycles. The minimum atomic E-state index is -0.595. The Kier molecular flexibility index (Phi) is 4.24. The van der Waals surface area contributed by atoms with E-state index in [1.807, 2.05) is 6.92 Å². The van der Waals surface area contributed by atoms with Gasteiger partial charge in [0.2, 0.25) is 0 Å². The van der Waals surface area contributed by atoms with Gasteiger partial charge in [-0.1, -0.05) is 17.2 Å². The Morgan fingerprint density at radius 2 is 2.20 bits per heavy atom. The van der Waals surface area contributed by atoms with Crippen molar-refractivity contribution in [2.24, 2.45) is 5.92 Å². The van der Waals surface area contributed by atoms with Crippen LogP contribution in [-0.4, -0.2) is 11.0 Å². The van der Waals surface area contributed by atoms with E-state index in [-0.39, 0.29) is 10.7 Å². The van der Waals surface area contributed by atoms with Crippen LogP contribution < -0.4 is 10.6 Å². The van der Waals surface area contributed by atoms with Gasteiger partial charge in [0.05, 0.1) is 4.92 Å². The molecule has 106 valence electrons. The summed E-state index contributed by atoms with van der Waals surface area (Å²) in [6.45, 7) is 1.96. The molecule has 7 heteroatoms. The van der Waals surface area contributed by atoms with Gasteiger partial charge >= 0.3 is 6.03 Å². The van der Waals surface area contributed by atoms with E-state index >= 15 is 0 Å². The maximum absolute atomic E-state index is 11.7. The number of nitrogens with zero attached hydrogens (tertiary/aromatic N) is 1. The number of carbonyl (C=O) groups is 1. The molecular formula is C13H14ClN3O3. The molecule has 0 unspecified atom stereocenters. The number of hydrogen-bond donors (Lipinski definition) is 2. The van der Waals surface area contributed by atoms with Crippen LogP contribution in [0, 0.1) is 16.0 Å². The molecule has 2 rings (SSSR count). The van der Waals surface area contributed by atoms with E-state index in [1.165, 1.54) is 18.2 Å². The van der Waals surface area contributed by atoms with Crippen LogP contribution in [0.4, 0.5) is 16.2 Å². The third-order valence-corrected chi connectivity index (χ3v) is 3.37. The Labute approximate surface area is 121 Å². The van der Waals surface area contributed by atoms with Crippen molar-refractivity contribution < 1.29 is 9.72 Å². The van der Waals surface area contributed by atoms with Crippen LogP contribution in [0.25, 0.3) is 0 Å². The first kappa shape index (κ1) is 14.3. The molecule has 0 saturated heterocycles. The highest BCUT2D eigenvalue weighted by atomic mass is 35.5. The molecule has 2 N–H and O–H groups in total. The first-order chi connectivity index (χ1) is 9.47. The summed E-state index contributed by atoms with van der Waals surface area (Å²) in [5, 5.41) is 15.9. The number of carbonyl (C=O) groups excluding carboxylic acids is 1. The number of nitro groups is 1. The Morgan fingerprint density at radius 3 is 2.80 bits per heavy atom. The van der Waals surface area contributed by atoms with Crippen molar-refractivity contribution in [3.63, 3.8) is 0 Å². The lowest BCUT2D eigenvalue weighted by atomic mass is 10.2. The summed E-state index contributed by atoms with van der Waals surface area (Å²) < 4.78 is 0. The van der Waals surface area contributed by atoms with Gasteiger partial charge in [0, 0.05) is 18.0 Å². The molecule has 1 aromatic rings. The van der Waals surface area contributed by atoms with Crippen molar-refractivity contribution in [1.29, 1.82) is 0 Å². The quantitative estimate of drug-likeness (QED) is 0.656. The highest BCUT2D eigenvalue weighted by Gasteiger charge is 2.22. The Hall–Kier alpha value is -2.08. The van der Waals surface area contributed by atoms with E-state index in [0.717, 1.165) is 18.4 Å². The van der Waals surface area contributed by atoms with Crippen molar-refractivity contribution in [1.82, 2.24) is 5.32 Å². The summed E-state index contributed by atoms with van der Waals surface area (Å²) in [6, 6.07) is 3.66. The van der Waals surface area contributed by atoms with Gasteiger partial charge in [-0.3, -0.25) is 10.1 Å². The number of nitro benzene ring substituents is 1. The number of benzene rings is 1. The fourth-order valence-electron chi connectivity index (χ4n) is 1.73. The second kappa shape index (κ2) is 5.92. The van der Waals surface area contributed by atoms with E-state index in [4.69, 9.17) is 11.6 Å². The van der Waals surface area contributed by atoms with E-state index in [0.29, 0.717) is 11.6 Å². The fraction of sp³-hybridized carbons (Fsp3) is 0.308. The summed E-state index contributed by atoms with van der Waals surface area (Å²) in [5.74, 6) is 0.576. The molecule has 0 heterocycles. The van der Waals surface area contributed by atoms with Gasteiger partial charge in [0.15, 0.2) is 0 Å². The highest BCUT2D eigenvalue weighted by Crippen LogP contribution is 2.35. The van der Waals surface area contributed by atoms with Gasteiger partial charge in [-0.25, -0.2) is 4.79 Å². The smallest absolute Gasteiger partial charge is 0.314 e. The molecule has 0 bridgehead atoms. The molecule has 20 heavy (non-hydrogen) atoms. The zero-order valence-electron chi connectivity index (χ0n) is 10.9. The van der Waals surface area contributed by atoms with Crippen LogP contribution in [0.2, 0.25) is 5.02 Å². The summed E-state index contributed by atoms with van der Waals surface area (Å²) in [7, 11) is 0. The van der Waals surface area contributed by atoms with E-state index in [2.05, 4.69) is 10.6 Å². The molecule has 0 aliphatic heterocycles. The monoisotopic (exact) mass is 295 g/mol. The molecule has 1 saturated carbocycles. The average Bonchev–Trinajstić information content (AvgIpc) is 3.22. The van der Waals surface area contributed by atoms with E-state index < -0.39 is 11.0 Å². The predicted octanol–water partition coefficient (Wildman–Crippen LogP) is 3.68. The first-order valence-electron chi connectivity index (χ1n) is 6.15. The number of anilines is 1. The standard InChI is InChI=1S/C13H14ClN3O3/c1-8(9-2-3-9)7-15-13(18)16-10-4-5-11(14)12(6-10)17(19)20/h4-7,9H,2-3H2,1H3,(H2,15,16,18)/b8-7+. The zero-order chi connectivity index (χ0) is 14.7. The molecular weight excluding hydrogens is 282 g/mol. The van der Waals surface area contributed by atoms with Crippen molar-refractivity contribution >= 4 is 29.0 Å². The fourth-order valence-corrected chi connectivity index (χ4v) is 1.92. The third kappa shape index (κ3) is 3.71. The van der Waals surface area contributed by atoms with Crippen molar-refractivity contribution in [2.75, 3.05) is 5.32 Å². The van der Waals surface area contributed by atoms with Gasteiger partial charge in [0.25, 0.3) is 5.69 Å². The lowest BCUT2D eigenvalue weighted by Gasteiger charge is -2.06. The lowest BCUT2D eigenvalue weighted by Crippen LogP contribution is -2.24. The van der Waals surface area contributed by atoms with Crippen LogP contribution in [0.15, 0.2) is 30.0 Å². The molecule has 0 aromatic heterocycles. The van der Waals surface area contributed by atoms with Crippen LogP contribution in [0.1, 0.15) is 19.8 Å². The summed E-state index contributed by atoms with van der Waals surface area (Å²) in [5.41, 5.74) is 1.20. The molecule has 0 spiro atoms. The van der Waals surface area contributed by atoms with Crippen molar-refractivity contribution in [2.45, 2.75) is 19.8 Å². The Morgan fingerprint density at radius 1 is 1.50 bits per heavy atom. The van der Waals surface area contributed by atoms with Crippen LogP contribution in [-0.2, 0) is 0 Å². The molecule has 1 aliphatic carbocycles. The predicted molar refractivity (Wildman–Crippen MR) is 76.7 cm³/mol. The number of rotatable bonds is 4. The number of hydrogen-bond acceptors (Lipinski definition) is 3. The Bertz CT molecular complexity index is 582. The van der Waals surface area contributed by atoms with Crippen LogP contribution in [0.5, 0.6) is 0 Å². The largest absolute Gasteiger partial charge is 0.323 e. The second-order valence-electron chi connectivity index (χ2n) is 4.68. The maximum atomic E-state index is 11.7. The van der Waals surface area contributed by atoms with Gasteiger partial charge < -0.3 is 10.6 Å². The third-order valence-electron chi connectivity index (χ3n) is 3.05. The van der Waals surface area contributed by atoms with Gasteiger partial charge in [-0.2, -0.15) is 0 Å². The molecule has 1 fully saturated rings. The maximum Gasteiger partial charge on any atom is 0.323 e. The normalized spacial score (nSPS) is 14.8. The number of urea groups is 1. The SMILES string of the molecule is C/C(=C\NC(=O)Nc1ccc(Cl)c([N+](=O)[O-])c1)C1CC1. The van der Waals surface area contributed by atoms with E-state index in [9.17, 15) is 14.9 Å². The number of amides is 2. The van der Waals surface area contributed by atoms with Gasteiger partial charge in [0.1, 0.15) is 5.02 Å². The Balaban J connectivity index is 1.98. The second-order valence-corrected chi connectivity index (χ2v) is 5.09.